The molecule has 2 aliphatic rings. The molecule has 0 aromatic carbocycles. The Hall–Kier alpha value is -2.70. The highest BCUT2D eigenvalue weighted by molar-refractivity contribution is 6.22. The van der Waals surface area contributed by atoms with Crippen LogP contribution < -0.4 is 9.82 Å². The molecule has 1 unspecified atom stereocenters. The minimum absolute atomic E-state index is 0.0482. The lowest BCUT2D eigenvalue weighted by atomic mass is 10.2. The lowest BCUT2D eigenvalue weighted by molar-refractivity contribution is 0.964. The van der Waals surface area contributed by atoms with Crippen molar-refractivity contribution >= 4 is 24.0 Å². The van der Waals surface area contributed by atoms with Gasteiger partial charge < -0.3 is 0 Å². The Balaban J connectivity index is 2.48. The van der Waals surface area contributed by atoms with Crippen LogP contribution in [-0.2, 0) is 0 Å². The molecule has 0 aliphatic carbocycles. The molecule has 0 aromatic rings. The molecule has 0 saturated heterocycles. The molecule has 0 spiro atoms. The molecule has 10 nitrogen and oxygen atoms in total. The number of guanidine groups is 1. The molecule has 2 heterocycles. The van der Waals surface area contributed by atoms with Crippen molar-refractivity contribution in [3.05, 3.63) is 0 Å². The highest BCUT2D eigenvalue weighted by Crippen LogP contribution is 2.12. The molecular weight excluding hydrogens is 200 g/mol. The molecule has 2 aliphatic heterocycles. The number of nitrogens with zero attached hydrogens (tertiary/aromatic N) is 8. The van der Waals surface area contributed by atoms with Gasteiger partial charge in [-0.2, -0.15) is 9.98 Å². The largest absolute Gasteiger partial charge is 0.340 e. The third-order valence-electron chi connectivity index (χ3n) is 1.62. The fourth-order valence-electron chi connectivity index (χ4n) is 1.08. The van der Waals surface area contributed by atoms with E-state index in [2.05, 4.69) is 40.0 Å². The van der Waals surface area contributed by atoms with E-state index in [1.807, 2.05) is 0 Å². The van der Waals surface area contributed by atoms with Crippen LogP contribution in [0.4, 0.5) is 0 Å². The molecule has 0 aromatic heterocycles. The van der Waals surface area contributed by atoms with E-state index in [4.69, 9.17) is 11.1 Å². The molecule has 2 rings (SSSR count). The fraction of sp³-hybridized carbons (Fsp3) is 0.200. The lowest BCUT2D eigenvalue weighted by Crippen LogP contribution is -2.28. The Bertz CT molecular complexity index is 508. The third kappa shape index (κ3) is 1.53. The predicted octanol–water partition coefficient (Wildman–Crippen LogP) is -0.336. The Labute approximate surface area is 82.0 Å². The number of aliphatic imine (C=N–C) groups is 4. The number of rotatable bonds is 0. The summed E-state index contributed by atoms with van der Waals surface area (Å²) in [7, 11) is 0. The van der Waals surface area contributed by atoms with Crippen molar-refractivity contribution in [3.8, 4) is 0 Å². The first-order chi connectivity index (χ1) is 7.35. The van der Waals surface area contributed by atoms with Gasteiger partial charge in [-0.25, -0.2) is 4.99 Å². The van der Waals surface area contributed by atoms with Crippen molar-refractivity contribution < 1.29 is 0 Å². The fourth-order valence-corrected chi connectivity index (χ4v) is 1.08. The van der Waals surface area contributed by atoms with Crippen LogP contribution in [0.2, 0.25) is 0 Å². The molecule has 15 heavy (non-hydrogen) atoms. The SMILES string of the molecule is N=[N+]=NC1=NC2=NC=NC2C(N=[N+]=N)=N1. The minimum Gasteiger partial charge on any atom is -0.253 e. The first kappa shape index (κ1) is 8.88. The summed E-state index contributed by atoms with van der Waals surface area (Å²) in [6, 6.07) is -0.524. The van der Waals surface area contributed by atoms with E-state index >= 15 is 0 Å². The standard InChI is InChI=1S/C5H4N10/c6-14-12-4-2-3(9-1-8-2)10-5(11-4)13-15-7/h1-2,6-7H/q+2. The van der Waals surface area contributed by atoms with E-state index in [0.29, 0.717) is 5.84 Å². The number of nitrogens with one attached hydrogen (secondary N) is 2. The zero-order valence-electron chi connectivity index (χ0n) is 7.23. The van der Waals surface area contributed by atoms with Gasteiger partial charge in [0.25, 0.3) is 5.84 Å². The molecule has 0 fully saturated rings. The average Bonchev–Trinajstić information content (AvgIpc) is 2.67. The maximum Gasteiger partial charge on any atom is 0.340 e. The van der Waals surface area contributed by atoms with Gasteiger partial charge in [0.15, 0.2) is 22.1 Å². The van der Waals surface area contributed by atoms with E-state index in [1.54, 1.807) is 0 Å². The van der Waals surface area contributed by atoms with Crippen molar-refractivity contribution in [2.24, 2.45) is 30.2 Å². The maximum absolute atomic E-state index is 6.61. The maximum atomic E-state index is 6.61. The zero-order valence-corrected chi connectivity index (χ0v) is 7.23. The van der Waals surface area contributed by atoms with Crippen LogP contribution >= 0.6 is 0 Å². The summed E-state index contributed by atoms with van der Waals surface area (Å²) in [6.07, 6.45) is 1.32. The van der Waals surface area contributed by atoms with E-state index < -0.39 is 6.04 Å². The first-order valence-corrected chi connectivity index (χ1v) is 3.76. The first-order valence-electron chi connectivity index (χ1n) is 3.76. The van der Waals surface area contributed by atoms with Gasteiger partial charge in [-0.05, 0) is 0 Å². The molecule has 0 amide bonds. The predicted molar refractivity (Wildman–Crippen MR) is 49.1 cm³/mol. The lowest BCUT2D eigenvalue weighted by Gasteiger charge is -2.05. The van der Waals surface area contributed by atoms with Gasteiger partial charge in [-0.1, -0.05) is 0 Å². The van der Waals surface area contributed by atoms with Crippen molar-refractivity contribution in [2.45, 2.75) is 6.04 Å². The third-order valence-corrected chi connectivity index (χ3v) is 1.62. The van der Waals surface area contributed by atoms with Gasteiger partial charge in [-0.3, -0.25) is 4.99 Å². The van der Waals surface area contributed by atoms with Gasteiger partial charge in [-0.15, -0.1) is 0 Å². The Morgan fingerprint density at radius 3 is 2.73 bits per heavy atom. The Morgan fingerprint density at radius 2 is 2.00 bits per heavy atom. The van der Waals surface area contributed by atoms with Crippen LogP contribution in [0.15, 0.2) is 30.2 Å². The molecule has 10 heteroatoms. The number of hydrogen-bond donors (Lipinski definition) is 2. The number of hydrogen-bond acceptors (Lipinski definition) is 8. The van der Waals surface area contributed by atoms with Crippen LogP contribution in [0, 0.1) is 11.1 Å². The monoisotopic (exact) mass is 204 g/mol. The number of fused-ring (bicyclic) bond motifs is 1. The van der Waals surface area contributed by atoms with Crippen LogP contribution in [-0.4, -0.2) is 30.0 Å². The van der Waals surface area contributed by atoms with Crippen LogP contribution in [0.25, 0.3) is 0 Å². The van der Waals surface area contributed by atoms with Gasteiger partial charge >= 0.3 is 5.96 Å². The molecule has 0 saturated carbocycles. The Kier molecular flexibility index (Phi) is 2.12. The van der Waals surface area contributed by atoms with Crippen molar-refractivity contribution in [1.82, 2.24) is 9.82 Å². The second kappa shape index (κ2) is 3.58. The molecular formula is C5H4N10+2. The number of amidine groups is 2. The average molecular weight is 204 g/mol. The van der Waals surface area contributed by atoms with E-state index in [9.17, 15) is 0 Å². The molecule has 0 bridgehead atoms. The summed E-state index contributed by atoms with van der Waals surface area (Å²) in [6.45, 7) is 0. The summed E-state index contributed by atoms with van der Waals surface area (Å²) in [5, 5.41) is 6.79. The van der Waals surface area contributed by atoms with Gasteiger partial charge in [0, 0.05) is 0 Å². The second-order valence-corrected chi connectivity index (χ2v) is 2.44. The van der Waals surface area contributed by atoms with Gasteiger partial charge in [0.05, 0.1) is 0 Å². The van der Waals surface area contributed by atoms with Gasteiger partial charge in [0.1, 0.15) is 17.4 Å². The van der Waals surface area contributed by atoms with Crippen LogP contribution in [0.1, 0.15) is 0 Å². The summed E-state index contributed by atoms with van der Waals surface area (Å²) < 4.78 is 0. The van der Waals surface area contributed by atoms with Crippen LogP contribution in [0.5, 0.6) is 0 Å². The van der Waals surface area contributed by atoms with Crippen molar-refractivity contribution in [3.63, 3.8) is 0 Å². The summed E-state index contributed by atoms with van der Waals surface area (Å²) in [5.41, 5.74) is 13.2. The molecule has 1 atom stereocenters. The zero-order chi connectivity index (χ0) is 10.7. The van der Waals surface area contributed by atoms with E-state index in [1.165, 1.54) is 6.34 Å². The summed E-state index contributed by atoms with van der Waals surface area (Å²) in [4.78, 5) is 21.1. The highest BCUT2D eigenvalue weighted by atomic mass is 15.3. The molecule has 0 radical (unpaired) electrons. The van der Waals surface area contributed by atoms with E-state index in [0.717, 1.165) is 0 Å². The quantitative estimate of drug-likeness (QED) is 0.392. The molecule has 2 N–H and O–H groups in total. The van der Waals surface area contributed by atoms with Gasteiger partial charge in [0.2, 0.25) is 9.82 Å². The summed E-state index contributed by atoms with van der Waals surface area (Å²) in [5.74, 6) is 0.470. The van der Waals surface area contributed by atoms with E-state index in [-0.39, 0.29) is 11.8 Å². The van der Waals surface area contributed by atoms with Crippen molar-refractivity contribution in [2.75, 3.05) is 0 Å². The highest BCUT2D eigenvalue weighted by Gasteiger charge is 2.33. The second-order valence-electron chi connectivity index (χ2n) is 2.44. The minimum atomic E-state index is -0.524. The van der Waals surface area contributed by atoms with Crippen molar-refractivity contribution in [1.29, 1.82) is 11.1 Å². The summed E-state index contributed by atoms with van der Waals surface area (Å²) >= 11 is 0. The normalized spacial score (nSPS) is 21.6. The van der Waals surface area contributed by atoms with Crippen LogP contribution in [0.3, 0.4) is 0 Å². The molecule has 72 valence electrons. The topological polar surface area (TPSA) is 150 Å². The Morgan fingerprint density at radius 1 is 1.20 bits per heavy atom. The smallest absolute Gasteiger partial charge is 0.253 e.